The van der Waals surface area contributed by atoms with Crippen LogP contribution in [0.2, 0.25) is 36.3 Å². The minimum Gasteiger partial charge on any atom is -0.417 e. The molecule has 3 unspecified atom stereocenters. The first kappa shape index (κ1) is 31.8. The van der Waals surface area contributed by atoms with Crippen molar-refractivity contribution in [3.8, 4) is 0 Å². The van der Waals surface area contributed by atoms with Crippen LogP contribution in [0.25, 0.3) is 0 Å². The van der Waals surface area contributed by atoms with Gasteiger partial charge in [-0.05, 0) is 60.8 Å². The van der Waals surface area contributed by atoms with Crippen molar-refractivity contribution in [1.82, 2.24) is 0 Å². The van der Waals surface area contributed by atoms with Crippen LogP contribution in [-0.2, 0) is 13.6 Å². The molecular formula is C27H52O4SSi2. The van der Waals surface area contributed by atoms with Crippen LogP contribution >= 0.6 is 11.8 Å². The average molecular weight is 529 g/mol. The predicted molar refractivity (Wildman–Crippen MR) is 153 cm³/mol. The Kier molecular flexibility index (Phi) is 10.7. The summed E-state index contributed by atoms with van der Waals surface area (Å²) in [5, 5.41) is 11.3. The largest absolute Gasteiger partial charge is 0.417 e. The van der Waals surface area contributed by atoms with Crippen molar-refractivity contribution in [1.29, 1.82) is 0 Å². The molecule has 198 valence electrons. The van der Waals surface area contributed by atoms with Gasteiger partial charge in [0.05, 0.1) is 18.1 Å². The molecule has 0 heterocycles. The summed E-state index contributed by atoms with van der Waals surface area (Å²) in [4.78, 5) is 13.6. The van der Waals surface area contributed by atoms with E-state index in [0.717, 1.165) is 24.4 Å². The van der Waals surface area contributed by atoms with Gasteiger partial charge in [0.2, 0.25) is 0 Å². The monoisotopic (exact) mass is 528 g/mol. The number of thioether (sulfide) groups is 1. The summed E-state index contributed by atoms with van der Waals surface area (Å²) in [7, 11) is -3.78. The van der Waals surface area contributed by atoms with Crippen LogP contribution in [0, 0.1) is 11.3 Å². The molecule has 0 radical (unpaired) electrons. The zero-order chi connectivity index (χ0) is 26.8. The third-order valence-corrected chi connectivity index (χ3v) is 17.9. The number of rotatable bonds is 11. The van der Waals surface area contributed by atoms with E-state index in [0.29, 0.717) is 0 Å². The van der Waals surface area contributed by atoms with Crippen molar-refractivity contribution in [3.05, 3.63) is 23.1 Å². The topological polar surface area (TPSA) is 55.8 Å². The Hall–Kier alpha value is -0.186. The lowest BCUT2D eigenvalue weighted by molar-refractivity contribution is -0.122. The van der Waals surface area contributed by atoms with Crippen LogP contribution in [0.1, 0.15) is 68.2 Å². The molecule has 3 atom stereocenters. The van der Waals surface area contributed by atoms with Crippen LogP contribution in [-0.4, -0.2) is 52.6 Å². The molecule has 4 nitrogen and oxygen atoms in total. The van der Waals surface area contributed by atoms with Crippen LogP contribution in [0.3, 0.4) is 0 Å². The first-order chi connectivity index (χ1) is 15.2. The highest BCUT2D eigenvalue weighted by Crippen LogP contribution is 2.44. The number of allylic oxidation sites excluding steroid dienone is 2. The summed E-state index contributed by atoms with van der Waals surface area (Å²) in [6.07, 6.45) is 8.51. The Bertz CT molecular complexity index is 758. The maximum atomic E-state index is 12.9. The number of carbonyl (C=O) groups is 1. The smallest absolute Gasteiger partial charge is 0.192 e. The number of hydrogen-bond donors (Lipinski definition) is 1. The van der Waals surface area contributed by atoms with Gasteiger partial charge in [0.1, 0.15) is 0 Å². The van der Waals surface area contributed by atoms with E-state index in [2.05, 4.69) is 67.7 Å². The Balaban J connectivity index is 2.97. The lowest BCUT2D eigenvalue weighted by Gasteiger charge is -2.39. The molecule has 0 aliphatic heterocycles. The zero-order valence-electron chi connectivity index (χ0n) is 24.2. The molecule has 34 heavy (non-hydrogen) atoms. The number of ketones is 1. The molecule has 0 aromatic heterocycles. The number of hydrogen-bond acceptors (Lipinski definition) is 5. The van der Waals surface area contributed by atoms with Crippen molar-refractivity contribution in [3.63, 3.8) is 0 Å². The second kappa shape index (κ2) is 11.5. The Labute approximate surface area is 216 Å². The second-order valence-corrected chi connectivity index (χ2v) is 23.8. The average Bonchev–Trinajstić information content (AvgIpc) is 2.88. The number of Topliss-reactive ketones (excluding diaryl/α,β-unsaturated/α-hetero) is 1. The first-order valence-corrected chi connectivity index (χ1v) is 19.7. The van der Waals surface area contributed by atoms with E-state index in [1.165, 1.54) is 11.8 Å². The van der Waals surface area contributed by atoms with E-state index in [-0.39, 0.29) is 27.4 Å². The summed E-state index contributed by atoms with van der Waals surface area (Å²) in [6.45, 7) is 27.4. The minimum atomic E-state index is -2.00. The highest BCUT2D eigenvalue weighted by Gasteiger charge is 2.45. The zero-order valence-corrected chi connectivity index (χ0v) is 27.0. The molecule has 0 aromatic rings. The van der Waals surface area contributed by atoms with E-state index >= 15 is 0 Å². The summed E-state index contributed by atoms with van der Waals surface area (Å²) in [5.74, 6) is -0.416. The highest BCUT2D eigenvalue weighted by molar-refractivity contribution is 8.03. The number of carbonyl (C=O) groups excluding carboxylic acids is 1. The summed E-state index contributed by atoms with van der Waals surface area (Å²) >= 11 is 1.46. The van der Waals surface area contributed by atoms with Crippen molar-refractivity contribution in [2.75, 3.05) is 12.9 Å². The fourth-order valence-electron chi connectivity index (χ4n) is 3.67. The van der Waals surface area contributed by atoms with Gasteiger partial charge in [0.15, 0.2) is 22.4 Å². The van der Waals surface area contributed by atoms with E-state index in [9.17, 15) is 9.90 Å². The third kappa shape index (κ3) is 8.17. The van der Waals surface area contributed by atoms with Gasteiger partial charge in [-0.2, -0.15) is 0 Å². The van der Waals surface area contributed by atoms with Gasteiger partial charge in [-0.15, -0.1) is 11.8 Å². The summed E-state index contributed by atoms with van der Waals surface area (Å²) < 4.78 is 13.1. The molecular weight excluding hydrogens is 477 g/mol. The van der Waals surface area contributed by atoms with E-state index in [1.54, 1.807) is 6.08 Å². The van der Waals surface area contributed by atoms with Gasteiger partial charge in [0.25, 0.3) is 0 Å². The SMILES string of the molecule is CSC1=CC(C)(C)C(C(O)C=CC(CCCO[Si](C)(C)C(C)(C)C)O[Si](C)(C)C(C)(C)C)C1=O. The second-order valence-electron chi connectivity index (χ2n) is 13.4. The molecule has 1 N–H and O–H groups in total. The Morgan fingerprint density at radius 1 is 1.06 bits per heavy atom. The van der Waals surface area contributed by atoms with Crippen LogP contribution in [0.5, 0.6) is 0 Å². The Morgan fingerprint density at radius 2 is 1.59 bits per heavy atom. The fraction of sp³-hybridized carbons (Fsp3) is 0.815. The van der Waals surface area contributed by atoms with Crippen molar-refractivity contribution in [2.24, 2.45) is 11.3 Å². The molecule has 1 rings (SSSR count). The molecule has 0 aromatic carbocycles. The lowest BCUT2D eigenvalue weighted by atomic mass is 9.78. The van der Waals surface area contributed by atoms with Crippen LogP contribution < -0.4 is 0 Å². The molecule has 1 aliphatic carbocycles. The quantitative estimate of drug-likeness (QED) is 0.170. The predicted octanol–water partition coefficient (Wildman–Crippen LogP) is 7.57. The molecule has 0 spiro atoms. The molecule has 0 bridgehead atoms. The maximum absolute atomic E-state index is 12.9. The number of aliphatic hydroxyl groups excluding tert-OH is 1. The molecule has 1 aliphatic rings. The van der Waals surface area contributed by atoms with Crippen LogP contribution in [0.15, 0.2) is 23.1 Å². The fourth-order valence-corrected chi connectivity index (χ4v) is 6.82. The number of aliphatic hydroxyl groups is 1. The van der Waals surface area contributed by atoms with Crippen molar-refractivity contribution >= 4 is 34.2 Å². The van der Waals surface area contributed by atoms with Gasteiger partial charge in [-0.1, -0.05) is 73.6 Å². The molecule has 7 heteroatoms. The third-order valence-electron chi connectivity index (χ3n) is 8.07. The van der Waals surface area contributed by atoms with Crippen molar-refractivity contribution < 1.29 is 18.8 Å². The standard InChI is InChI=1S/C27H52O4SSi2/c1-25(2,3)33(10,11)30-18-14-15-20(31-34(12,13)26(4,5)6)16-17-21(28)23-24(29)22(32-9)19-27(23,7)8/h16-17,19-21,23,28H,14-15,18H2,1-13H3. The van der Waals surface area contributed by atoms with Gasteiger partial charge in [0, 0.05) is 11.5 Å². The van der Waals surface area contributed by atoms with Gasteiger partial charge >= 0.3 is 0 Å². The molecule has 0 saturated heterocycles. The molecule has 0 amide bonds. The van der Waals surface area contributed by atoms with Gasteiger partial charge in [-0.3, -0.25) is 4.79 Å². The van der Waals surface area contributed by atoms with Crippen LogP contribution in [0.4, 0.5) is 0 Å². The Morgan fingerprint density at radius 3 is 2.03 bits per heavy atom. The van der Waals surface area contributed by atoms with Gasteiger partial charge in [-0.25, -0.2) is 0 Å². The summed E-state index contributed by atoms with van der Waals surface area (Å²) in [5.41, 5.74) is -0.369. The van der Waals surface area contributed by atoms with E-state index in [1.807, 2.05) is 32.3 Å². The first-order valence-electron chi connectivity index (χ1n) is 12.7. The maximum Gasteiger partial charge on any atom is 0.192 e. The lowest BCUT2D eigenvalue weighted by Crippen LogP contribution is -2.44. The van der Waals surface area contributed by atoms with E-state index in [4.69, 9.17) is 8.85 Å². The normalized spacial score (nSPS) is 21.8. The molecule has 0 saturated carbocycles. The van der Waals surface area contributed by atoms with Gasteiger partial charge < -0.3 is 14.0 Å². The van der Waals surface area contributed by atoms with E-state index < -0.39 is 28.7 Å². The van der Waals surface area contributed by atoms with Crippen molar-refractivity contribution in [2.45, 2.75) is 117 Å². The summed E-state index contributed by atoms with van der Waals surface area (Å²) in [6, 6.07) is 0. The highest BCUT2D eigenvalue weighted by atomic mass is 32.2. The molecule has 0 fully saturated rings. The minimum absolute atomic E-state index is 0.0410.